The van der Waals surface area contributed by atoms with Crippen molar-refractivity contribution in [1.29, 1.82) is 0 Å². The maximum atomic E-state index is 13.0. The third kappa shape index (κ3) is 5.48. The van der Waals surface area contributed by atoms with Gasteiger partial charge in [-0.05, 0) is 57.5 Å². The van der Waals surface area contributed by atoms with E-state index in [9.17, 15) is 9.59 Å². The molecule has 2 aromatic carbocycles. The largest absolute Gasteiger partial charge is 0.459 e. The van der Waals surface area contributed by atoms with Crippen LogP contribution in [-0.4, -0.2) is 27.2 Å². The minimum absolute atomic E-state index is 0.125. The van der Waals surface area contributed by atoms with Crippen molar-refractivity contribution in [2.24, 2.45) is 0 Å². The number of carbonyl (C=O) groups is 2. The van der Waals surface area contributed by atoms with Gasteiger partial charge in [-0.2, -0.15) is 0 Å². The van der Waals surface area contributed by atoms with Gasteiger partial charge in [0.05, 0.1) is 23.1 Å². The predicted octanol–water partition coefficient (Wildman–Crippen LogP) is 6.53. The van der Waals surface area contributed by atoms with Crippen molar-refractivity contribution in [3.8, 4) is 11.3 Å². The molecular weight excluding hydrogens is 466 g/mol. The summed E-state index contributed by atoms with van der Waals surface area (Å²) in [4.78, 5) is 27.2. The molecule has 1 aliphatic heterocycles. The highest BCUT2D eigenvalue weighted by Crippen LogP contribution is 2.34. The van der Waals surface area contributed by atoms with Gasteiger partial charge in [0.25, 0.3) is 5.91 Å². The SMILES string of the molecule is Cc1cc(C)cc(CN2C(=O)/C(=C\c3ccc(-c4ccc(C(=O)OC(C)C)cc4)o3)SC2=S)c1. The average Bonchev–Trinajstić information content (AvgIpc) is 3.33. The molecule has 2 heterocycles. The Bertz CT molecular complexity index is 1270. The van der Waals surface area contributed by atoms with Crippen molar-refractivity contribution in [3.05, 3.63) is 87.5 Å². The molecule has 1 saturated heterocycles. The van der Waals surface area contributed by atoms with Crippen LogP contribution in [0, 0.1) is 13.8 Å². The second-order valence-corrected chi connectivity index (χ2v) is 10.2. The van der Waals surface area contributed by atoms with Crippen LogP contribution in [0.25, 0.3) is 17.4 Å². The van der Waals surface area contributed by atoms with E-state index < -0.39 is 0 Å². The lowest BCUT2D eigenvalue weighted by Crippen LogP contribution is -2.27. The number of benzene rings is 2. The van der Waals surface area contributed by atoms with Gasteiger partial charge in [-0.3, -0.25) is 9.69 Å². The Morgan fingerprint density at radius 2 is 1.76 bits per heavy atom. The van der Waals surface area contributed by atoms with E-state index in [0.717, 1.165) is 22.3 Å². The van der Waals surface area contributed by atoms with Gasteiger partial charge in [-0.25, -0.2) is 4.79 Å². The fraction of sp³-hybridized carbons (Fsp3) is 0.222. The number of esters is 1. The molecule has 0 spiro atoms. The van der Waals surface area contributed by atoms with E-state index in [0.29, 0.717) is 32.9 Å². The summed E-state index contributed by atoms with van der Waals surface area (Å²) in [6.45, 7) is 8.15. The average molecular weight is 492 g/mol. The lowest BCUT2D eigenvalue weighted by Gasteiger charge is -2.15. The summed E-state index contributed by atoms with van der Waals surface area (Å²) in [6.07, 6.45) is 1.55. The predicted molar refractivity (Wildman–Crippen MR) is 139 cm³/mol. The molecule has 0 aliphatic carbocycles. The van der Waals surface area contributed by atoms with E-state index in [1.807, 2.05) is 52.0 Å². The minimum Gasteiger partial charge on any atom is -0.459 e. The smallest absolute Gasteiger partial charge is 0.338 e. The molecule has 0 bridgehead atoms. The van der Waals surface area contributed by atoms with E-state index in [4.69, 9.17) is 21.4 Å². The molecule has 0 unspecified atom stereocenters. The molecule has 7 heteroatoms. The molecular formula is C27H25NO4S2. The normalized spacial score (nSPS) is 15.0. The molecule has 0 saturated carbocycles. The first-order chi connectivity index (χ1) is 16.2. The molecule has 174 valence electrons. The van der Waals surface area contributed by atoms with Crippen LogP contribution in [0.2, 0.25) is 0 Å². The topological polar surface area (TPSA) is 59.8 Å². The van der Waals surface area contributed by atoms with Crippen LogP contribution in [0.3, 0.4) is 0 Å². The van der Waals surface area contributed by atoms with E-state index >= 15 is 0 Å². The maximum Gasteiger partial charge on any atom is 0.338 e. The van der Waals surface area contributed by atoms with Crippen LogP contribution in [0.15, 0.2) is 63.9 Å². The first-order valence-corrected chi connectivity index (χ1v) is 12.2. The molecule has 0 N–H and O–H groups in total. The molecule has 34 heavy (non-hydrogen) atoms. The van der Waals surface area contributed by atoms with Crippen molar-refractivity contribution in [3.63, 3.8) is 0 Å². The number of hydrogen-bond donors (Lipinski definition) is 0. The first kappa shape index (κ1) is 24.0. The van der Waals surface area contributed by atoms with Crippen molar-refractivity contribution in [2.75, 3.05) is 0 Å². The summed E-state index contributed by atoms with van der Waals surface area (Å²) >= 11 is 6.75. The van der Waals surface area contributed by atoms with Gasteiger partial charge in [-0.15, -0.1) is 0 Å². The van der Waals surface area contributed by atoms with Gasteiger partial charge < -0.3 is 9.15 Å². The maximum absolute atomic E-state index is 13.0. The monoisotopic (exact) mass is 491 g/mol. The Hall–Kier alpha value is -3.16. The molecule has 0 atom stereocenters. The van der Waals surface area contributed by atoms with Crippen LogP contribution >= 0.6 is 24.0 Å². The molecule has 0 radical (unpaired) electrons. The van der Waals surface area contributed by atoms with Crippen LogP contribution in [0.5, 0.6) is 0 Å². The highest BCUT2D eigenvalue weighted by molar-refractivity contribution is 8.26. The second-order valence-electron chi connectivity index (χ2n) is 8.50. The van der Waals surface area contributed by atoms with Gasteiger partial charge >= 0.3 is 5.97 Å². The molecule has 5 nitrogen and oxygen atoms in total. The van der Waals surface area contributed by atoms with Crippen molar-refractivity contribution >= 4 is 46.3 Å². The first-order valence-electron chi connectivity index (χ1n) is 10.9. The molecule has 3 aromatic rings. The van der Waals surface area contributed by atoms with Crippen LogP contribution in [0.1, 0.15) is 46.7 Å². The lowest BCUT2D eigenvalue weighted by molar-refractivity contribution is -0.122. The van der Waals surface area contributed by atoms with Crippen molar-refractivity contribution in [1.82, 2.24) is 4.90 Å². The fourth-order valence-electron chi connectivity index (χ4n) is 3.75. The number of aryl methyl sites for hydroxylation is 2. The summed E-state index contributed by atoms with van der Waals surface area (Å²) in [7, 11) is 0. The third-order valence-electron chi connectivity index (χ3n) is 5.14. The minimum atomic E-state index is -0.357. The second kappa shape index (κ2) is 9.99. The molecule has 1 aromatic heterocycles. The Morgan fingerprint density at radius 1 is 1.09 bits per heavy atom. The van der Waals surface area contributed by atoms with E-state index in [1.165, 1.54) is 11.8 Å². The van der Waals surface area contributed by atoms with Gasteiger partial charge in [0.2, 0.25) is 0 Å². The molecule has 1 amide bonds. The summed E-state index contributed by atoms with van der Waals surface area (Å²) in [5.74, 6) is 0.718. The van der Waals surface area contributed by atoms with Gasteiger partial charge in [0.1, 0.15) is 15.8 Å². The summed E-state index contributed by atoms with van der Waals surface area (Å²) < 4.78 is 11.7. The van der Waals surface area contributed by atoms with E-state index in [2.05, 4.69) is 18.2 Å². The highest BCUT2D eigenvalue weighted by atomic mass is 32.2. The van der Waals surface area contributed by atoms with E-state index in [1.54, 1.807) is 23.1 Å². The van der Waals surface area contributed by atoms with Gasteiger partial charge in [-0.1, -0.05) is 65.4 Å². The summed E-state index contributed by atoms with van der Waals surface area (Å²) in [5, 5.41) is 0. The highest BCUT2D eigenvalue weighted by Gasteiger charge is 2.32. The standard InChI is InChI=1S/C27H25NO4S2/c1-16(2)31-26(30)21-7-5-20(6-8-21)23-10-9-22(32-23)14-24-25(29)28(27(33)34-24)15-19-12-17(3)11-18(4)13-19/h5-14,16H,15H2,1-4H3/b24-14+. The Labute approximate surface area is 208 Å². The van der Waals surface area contributed by atoms with Crippen LogP contribution in [0.4, 0.5) is 0 Å². The number of thioether (sulfide) groups is 1. The zero-order valence-electron chi connectivity index (χ0n) is 19.5. The van der Waals surface area contributed by atoms with Gasteiger partial charge in [0, 0.05) is 11.6 Å². The van der Waals surface area contributed by atoms with Crippen molar-refractivity contribution < 1.29 is 18.7 Å². The number of thiocarbonyl (C=S) groups is 1. The fourth-order valence-corrected chi connectivity index (χ4v) is 4.98. The van der Waals surface area contributed by atoms with E-state index in [-0.39, 0.29) is 18.0 Å². The number of amides is 1. The Kier molecular flexibility index (Phi) is 7.05. The molecule has 1 fully saturated rings. The number of carbonyl (C=O) groups excluding carboxylic acids is 2. The zero-order chi connectivity index (χ0) is 24.4. The number of ether oxygens (including phenoxy) is 1. The lowest BCUT2D eigenvalue weighted by atomic mass is 10.1. The number of nitrogens with zero attached hydrogens (tertiary/aromatic N) is 1. The number of rotatable bonds is 6. The Balaban J connectivity index is 1.48. The Morgan fingerprint density at radius 3 is 2.41 bits per heavy atom. The third-order valence-corrected chi connectivity index (χ3v) is 6.52. The summed E-state index contributed by atoms with van der Waals surface area (Å²) in [5.41, 5.74) is 4.67. The zero-order valence-corrected chi connectivity index (χ0v) is 21.1. The number of hydrogen-bond acceptors (Lipinski definition) is 6. The van der Waals surface area contributed by atoms with Crippen LogP contribution < -0.4 is 0 Å². The molecule has 1 aliphatic rings. The quantitative estimate of drug-likeness (QED) is 0.222. The van der Waals surface area contributed by atoms with Crippen molar-refractivity contribution in [2.45, 2.75) is 40.3 Å². The molecule has 4 rings (SSSR count). The van der Waals surface area contributed by atoms with Crippen LogP contribution in [-0.2, 0) is 16.1 Å². The summed E-state index contributed by atoms with van der Waals surface area (Å²) in [6, 6.07) is 16.9. The van der Waals surface area contributed by atoms with Gasteiger partial charge in [0.15, 0.2) is 0 Å². The number of furan rings is 1.